The molecule has 19 heavy (non-hydrogen) atoms. The summed E-state index contributed by atoms with van der Waals surface area (Å²) < 4.78 is 0. The third-order valence-electron chi connectivity index (χ3n) is 3.64. The van der Waals surface area contributed by atoms with Crippen molar-refractivity contribution in [1.82, 2.24) is 5.32 Å². The van der Waals surface area contributed by atoms with E-state index in [1.807, 2.05) is 0 Å². The van der Waals surface area contributed by atoms with Gasteiger partial charge in [-0.2, -0.15) is 0 Å². The minimum absolute atomic E-state index is 0.0382. The molecule has 1 aliphatic heterocycles. The quantitative estimate of drug-likeness (QED) is 0.822. The van der Waals surface area contributed by atoms with Crippen molar-refractivity contribution in [2.24, 2.45) is 0 Å². The van der Waals surface area contributed by atoms with Gasteiger partial charge in [-0.25, -0.2) is 0 Å². The molecule has 3 heteroatoms. The Labute approximate surface area is 116 Å². The summed E-state index contributed by atoms with van der Waals surface area (Å²) in [4.78, 5) is 11.1. The van der Waals surface area contributed by atoms with Gasteiger partial charge in [0.1, 0.15) is 7.28 Å². The van der Waals surface area contributed by atoms with Crippen LogP contribution in [0.1, 0.15) is 43.4 Å². The second-order valence-electron chi connectivity index (χ2n) is 5.25. The number of nitrogens with one attached hydrogen (secondary N) is 1. The van der Waals surface area contributed by atoms with Crippen LogP contribution < -0.4 is 5.32 Å². The molecule has 99 valence electrons. The van der Waals surface area contributed by atoms with Crippen LogP contribution in [0.3, 0.4) is 0 Å². The zero-order valence-electron chi connectivity index (χ0n) is 11.8. The lowest BCUT2D eigenvalue weighted by molar-refractivity contribution is -0.119. The first-order valence-electron chi connectivity index (χ1n) is 7.01. The monoisotopic (exact) mass is 254 g/mol. The van der Waals surface area contributed by atoms with Gasteiger partial charge >= 0.3 is 0 Å². The van der Waals surface area contributed by atoms with E-state index >= 15 is 0 Å². The SMILES string of the molecule is C=C(CCC)c1cccc2c1C[B]C(NC(C)=O)C2. The maximum Gasteiger partial charge on any atom is 0.216 e. The van der Waals surface area contributed by atoms with E-state index in [0.717, 1.165) is 25.6 Å². The summed E-state index contributed by atoms with van der Waals surface area (Å²) in [6.45, 7) is 7.96. The minimum Gasteiger partial charge on any atom is -0.361 e. The van der Waals surface area contributed by atoms with Crippen molar-refractivity contribution in [3.05, 3.63) is 41.5 Å². The standard InChI is InChI=1S/C16H21BNO/c1-4-6-11(2)14-8-5-7-13-9-16(18-12(3)19)17-10-15(13)14/h5,7-8,16H,2,4,6,9-10H2,1,3H3,(H,18,19). The number of amides is 1. The summed E-state index contributed by atoms with van der Waals surface area (Å²) in [7, 11) is 2.20. The van der Waals surface area contributed by atoms with E-state index in [9.17, 15) is 4.79 Å². The van der Waals surface area contributed by atoms with E-state index in [1.54, 1.807) is 6.92 Å². The van der Waals surface area contributed by atoms with Crippen LogP contribution in [0, 0.1) is 0 Å². The molecule has 1 radical (unpaired) electrons. The Balaban J connectivity index is 2.21. The third-order valence-corrected chi connectivity index (χ3v) is 3.64. The van der Waals surface area contributed by atoms with Gasteiger partial charge in [0.15, 0.2) is 0 Å². The molecule has 1 aromatic rings. The smallest absolute Gasteiger partial charge is 0.216 e. The molecule has 1 heterocycles. The van der Waals surface area contributed by atoms with Crippen molar-refractivity contribution >= 4 is 18.8 Å². The largest absolute Gasteiger partial charge is 0.361 e. The predicted molar refractivity (Wildman–Crippen MR) is 81.2 cm³/mol. The van der Waals surface area contributed by atoms with Gasteiger partial charge in [0.2, 0.25) is 5.91 Å². The fraction of sp³-hybridized carbons (Fsp3) is 0.438. The van der Waals surface area contributed by atoms with Crippen LogP contribution >= 0.6 is 0 Å². The van der Waals surface area contributed by atoms with Crippen molar-refractivity contribution < 1.29 is 4.79 Å². The molecule has 1 unspecified atom stereocenters. The fourth-order valence-corrected chi connectivity index (χ4v) is 2.79. The number of hydrogen-bond donors (Lipinski definition) is 1. The Morgan fingerprint density at radius 2 is 2.32 bits per heavy atom. The number of fused-ring (bicyclic) bond motifs is 1. The molecule has 0 saturated carbocycles. The Hall–Kier alpha value is -1.51. The Morgan fingerprint density at radius 3 is 3.00 bits per heavy atom. The van der Waals surface area contributed by atoms with E-state index in [4.69, 9.17) is 0 Å². The molecule has 1 aliphatic rings. The summed E-state index contributed by atoms with van der Waals surface area (Å²) >= 11 is 0. The van der Waals surface area contributed by atoms with E-state index in [0.29, 0.717) is 0 Å². The average molecular weight is 254 g/mol. The topological polar surface area (TPSA) is 29.1 Å². The number of hydrogen-bond acceptors (Lipinski definition) is 1. The predicted octanol–water partition coefficient (Wildman–Crippen LogP) is 2.72. The molecule has 1 N–H and O–H groups in total. The summed E-state index contributed by atoms with van der Waals surface area (Å²) in [5.41, 5.74) is 5.26. The molecule has 0 spiro atoms. The van der Waals surface area contributed by atoms with E-state index < -0.39 is 0 Å². The lowest BCUT2D eigenvalue weighted by Crippen LogP contribution is -2.43. The van der Waals surface area contributed by atoms with Gasteiger partial charge in [-0.05, 0) is 35.1 Å². The van der Waals surface area contributed by atoms with E-state index in [-0.39, 0.29) is 11.8 Å². The van der Waals surface area contributed by atoms with Gasteiger partial charge in [-0.1, -0.05) is 44.4 Å². The van der Waals surface area contributed by atoms with Gasteiger partial charge in [-0.15, -0.1) is 0 Å². The second-order valence-corrected chi connectivity index (χ2v) is 5.25. The van der Waals surface area contributed by atoms with Crippen molar-refractivity contribution in [2.75, 3.05) is 0 Å². The first kappa shape index (κ1) is 13.9. The van der Waals surface area contributed by atoms with E-state index in [2.05, 4.69) is 44.3 Å². The van der Waals surface area contributed by atoms with Crippen LogP contribution in [0.5, 0.6) is 0 Å². The molecular weight excluding hydrogens is 233 g/mol. The summed E-state index contributed by atoms with van der Waals surface area (Å²) in [5, 5.41) is 2.98. The van der Waals surface area contributed by atoms with Crippen LogP contribution in [-0.4, -0.2) is 19.1 Å². The Kier molecular flexibility index (Phi) is 4.46. The fourth-order valence-electron chi connectivity index (χ4n) is 2.79. The molecule has 1 atom stereocenters. The lowest BCUT2D eigenvalue weighted by Gasteiger charge is -2.26. The van der Waals surface area contributed by atoms with Crippen LogP contribution in [0.15, 0.2) is 24.8 Å². The minimum atomic E-state index is 0.0382. The second kappa shape index (κ2) is 6.09. The maximum absolute atomic E-state index is 11.1. The van der Waals surface area contributed by atoms with Gasteiger partial charge in [0.25, 0.3) is 0 Å². The maximum atomic E-state index is 11.1. The number of allylic oxidation sites excluding steroid dienone is 1. The molecule has 2 rings (SSSR count). The molecule has 1 amide bonds. The molecule has 0 fully saturated rings. The zero-order valence-corrected chi connectivity index (χ0v) is 11.8. The first-order valence-corrected chi connectivity index (χ1v) is 7.01. The summed E-state index contributed by atoms with van der Waals surface area (Å²) in [6.07, 6.45) is 3.98. The Bertz CT molecular complexity index is 496. The molecule has 2 nitrogen and oxygen atoms in total. The van der Waals surface area contributed by atoms with Gasteiger partial charge < -0.3 is 5.32 Å². The molecule has 1 aromatic carbocycles. The number of carbonyl (C=O) groups is 1. The highest BCUT2D eigenvalue weighted by Crippen LogP contribution is 2.28. The van der Waals surface area contributed by atoms with E-state index in [1.165, 1.54) is 22.3 Å². The summed E-state index contributed by atoms with van der Waals surface area (Å²) in [5.74, 6) is 0.205. The molecule has 0 bridgehead atoms. The highest BCUT2D eigenvalue weighted by Gasteiger charge is 2.22. The normalized spacial score (nSPS) is 17.3. The number of benzene rings is 1. The highest BCUT2D eigenvalue weighted by molar-refractivity contribution is 6.38. The van der Waals surface area contributed by atoms with Gasteiger partial charge in [0.05, 0.1) is 0 Å². The van der Waals surface area contributed by atoms with Crippen molar-refractivity contribution in [3.63, 3.8) is 0 Å². The molecule has 0 aliphatic carbocycles. The van der Waals surface area contributed by atoms with Crippen molar-refractivity contribution in [3.8, 4) is 0 Å². The Morgan fingerprint density at radius 1 is 1.53 bits per heavy atom. The van der Waals surface area contributed by atoms with Crippen LogP contribution in [0.2, 0.25) is 0 Å². The van der Waals surface area contributed by atoms with Crippen LogP contribution in [0.4, 0.5) is 0 Å². The number of rotatable bonds is 4. The lowest BCUT2D eigenvalue weighted by atomic mass is 9.57. The highest BCUT2D eigenvalue weighted by atomic mass is 16.1. The summed E-state index contributed by atoms with van der Waals surface area (Å²) in [6, 6.07) is 6.44. The number of carbonyl (C=O) groups excluding carboxylic acids is 1. The molecular formula is C16H21BNO. The third kappa shape index (κ3) is 3.28. The van der Waals surface area contributed by atoms with Crippen molar-refractivity contribution in [1.29, 1.82) is 0 Å². The molecule has 0 aromatic heterocycles. The first-order chi connectivity index (χ1) is 9.11. The van der Waals surface area contributed by atoms with Crippen molar-refractivity contribution in [2.45, 2.75) is 45.4 Å². The molecule has 0 saturated heterocycles. The van der Waals surface area contributed by atoms with Gasteiger partial charge in [-0.3, -0.25) is 4.79 Å². The van der Waals surface area contributed by atoms with Crippen LogP contribution in [0.25, 0.3) is 5.57 Å². The van der Waals surface area contributed by atoms with Gasteiger partial charge in [0, 0.05) is 12.9 Å². The average Bonchev–Trinajstić information content (AvgIpc) is 2.37. The zero-order chi connectivity index (χ0) is 13.8. The van der Waals surface area contributed by atoms with Crippen LogP contribution in [-0.2, 0) is 17.5 Å².